The van der Waals surface area contributed by atoms with Crippen molar-refractivity contribution in [3.63, 3.8) is 0 Å². The smallest absolute Gasteiger partial charge is 0.219 e. The van der Waals surface area contributed by atoms with Gasteiger partial charge >= 0.3 is 0 Å². The molecule has 2 saturated heterocycles. The molecular formula is C19H34N4OS. The summed E-state index contributed by atoms with van der Waals surface area (Å²) in [5.41, 5.74) is 0.129. The first-order valence-electron chi connectivity index (χ1n) is 9.81. The van der Waals surface area contributed by atoms with Gasteiger partial charge < -0.3 is 10.2 Å². The van der Waals surface area contributed by atoms with Crippen molar-refractivity contribution in [2.24, 2.45) is 10.9 Å². The fourth-order valence-electron chi connectivity index (χ4n) is 4.33. The number of nitrogens with one attached hydrogen (secondary N) is 1. The standard InChI is InChI=1S/C19H34N4OS/c1-15-5-7-19(8-6-15)18(3,4)21-17(25-19)20-9-10-22-11-13-23(14-12-22)16(2)24/h15H,5-14H2,1-4H3,(H,20,21). The highest BCUT2D eigenvalue weighted by molar-refractivity contribution is 8.15. The molecule has 1 N–H and O–H groups in total. The average Bonchev–Trinajstić information content (AvgIpc) is 2.81. The number of rotatable bonds is 3. The van der Waals surface area contributed by atoms with Crippen molar-refractivity contribution in [2.75, 3.05) is 39.3 Å². The Morgan fingerprint density at radius 2 is 1.88 bits per heavy atom. The van der Waals surface area contributed by atoms with E-state index in [4.69, 9.17) is 4.99 Å². The third-order valence-electron chi connectivity index (χ3n) is 6.42. The first kappa shape index (κ1) is 19.0. The third kappa shape index (κ3) is 4.16. The number of carbonyl (C=O) groups is 1. The van der Waals surface area contributed by atoms with Gasteiger partial charge in [0.2, 0.25) is 5.91 Å². The summed E-state index contributed by atoms with van der Waals surface area (Å²) >= 11 is 2.00. The summed E-state index contributed by atoms with van der Waals surface area (Å²) in [4.78, 5) is 20.6. The number of nitrogens with zero attached hydrogens (tertiary/aromatic N) is 3. The zero-order chi connectivity index (χ0) is 18.1. The monoisotopic (exact) mass is 366 g/mol. The number of hydrogen-bond acceptors (Lipinski definition) is 4. The first-order valence-corrected chi connectivity index (χ1v) is 10.6. The summed E-state index contributed by atoms with van der Waals surface area (Å²) in [5.74, 6) is 1.07. The van der Waals surface area contributed by atoms with Gasteiger partial charge in [0.05, 0.1) is 6.54 Å². The molecule has 2 aliphatic heterocycles. The summed E-state index contributed by atoms with van der Waals surface area (Å²) < 4.78 is 0.325. The van der Waals surface area contributed by atoms with Crippen LogP contribution in [-0.2, 0) is 4.79 Å². The van der Waals surface area contributed by atoms with E-state index in [-0.39, 0.29) is 11.4 Å². The number of aliphatic imine (C=N–C) groups is 1. The fourth-order valence-corrected chi connectivity index (χ4v) is 5.90. The molecular weight excluding hydrogens is 332 g/mol. The van der Waals surface area contributed by atoms with Crippen LogP contribution < -0.4 is 5.32 Å². The fraction of sp³-hybridized carbons (Fsp3) is 0.895. The van der Waals surface area contributed by atoms with Crippen molar-refractivity contribution in [1.29, 1.82) is 0 Å². The lowest BCUT2D eigenvalue weighted by atomic mass is 9.73. The third-order valence-corrected chi connectivity index (χ3v) is 8.16. The molecule has 25 heavy (non-hydrogen) atoms. The van der Waals surface area contributed by atoms with Crippen molar-refractivity contribution in [3.05, 3.63) is 0 Å². The molecule has 3 aliphatic rings. The lowest BCUT2D eigenvalue weighted by molar-refractivity contribution is -0.130. The largest absolute Gasteiger partial charge is 0.359 e. The summed E-state index contributed by atoms with van der Waals surface area (Å²) in [6.07, 6.45) is 5.27. The summed E-state index contributed by atoms with van der Waals surface area (Å²) in [5, 5.41) is 4.85. The van der Waals surface area contributed by atoms with Crippen LogP contribution in [0.4, 0.5) is 0 Å². The van der Waals surface area contributed by atoms with E-state index in [0.717, 1.165) is 50.4 Å². The highest BCUT2D eigenvalue weighted by atomic mass is 32.2. The maximum atomic E-state index is 11.4. The second kappa shape index (κ2) is 7.47. The maximum absolute atomic E-state index is 11.4. The second-order valence-corrected chi connectivity index (χ2v) is 9.94. The number of hydrogen-bond donors (Lipinski definition) is 1. The molecule has 0 aromatic rings. The molecule has 142 valence electrons. The number of piperazine rings is 1. The highest BCUT2D eigenvalue weighted by Gasteiger charge is 2.53. The molecule has 0 aromatic carbocycles. The molecule has 3 rings (SSSR count). The minimum absolute atomic E-state index is 0.129. The predicted molar refractivity (Wildman–Crippen MR) is 106 cm³/mol. The van der Waals surface area contributed by atoms with Crippen LogP contribution in [0.15, 0.2) is 4.99 Å². The number of amidine groups is 1. The summed E-state index contributed by atoms with van der Waals surface area (Å²) in [6, 6.07) is 0. The van der Waals surface area contributed by atoms with Gasteiger partial charge in [0.15, 0.2) is 5.17 Å². The van der Waals surface area contributed by atoms with Gasteiger partial charge in [-0.1, -0.05) is 18.7 Å². The van der Waals surface area contributed by atoms with E-state index in [2.05, 4.69) is 31.0 Å². The Morgan fingerprint density at radius 1 is 1.24 bits per heavy atom. The van der Waals surface area contributed by atoms with E-state index in [1.54, 1.807) is 6.92 Å². The summed E-state index contributed by atoms with van der Waals surface area (Å²) in [6.45, 7) is 14.2. The quantitative estimate of drug-likeness (QED) is 0.834. The van der Waals surface area contributed by atoms with Crippen molar-refractivity contribution in [3.8, 4) is 0 Å². The number of carbonyl (C=O) groups excluding carboxylic acids is 1. The SMILES string of the molecule is CC(=O)N1CCN(CCN=C2NC(C)(C)C3(CCC(C)CC3)S2)CC1. The zero-order valence-corrected chi connectivity index (χ0v) is 17.1. The maximum Gasteiger partial charge on any atom is 0.219 e. The molecule has 6 heteroatoms. The molecule has 1 aliphatic carbocycles. The van der Waals surface area contributed by atoms with Gasteiger partial charge in [-0.2, -0.15) is 0 Å². The Labute approximate surface area is 157 Å². The van der Waals surface area contributed by atoms with E-state index in [0.29, 0.717) is 4.75 Å². The van der Waals surface area contributed by atoms with Gasteiger partial charge in [-0.05, 0) is 45.4 Å². The average molecular weight is 367 g/mol. The van der Waals surface area contributed by atoms with Crippen molar-refractivity contribution < 1.29 is 4.79 Å². The van der Waals surface area contributed by atoms with E-state index in [1.165, 1.54) is 25.7 Å². The Kier molecular flexibility index (Phi) is 5.69. The second-order valence-electron chi connectivity index (χ2n) is 8.56. The molecule has 3 fully saturated rings. The molecule has 2 heterocycles. The van der Waals surface area contributed by atoms with Crippen LogP contribution in [0.5, 0.6) is 0 Å². The van der Waals surface area contributed by atoms with Crippen molar-refractivity contribution >= 4 is 22.8 Å². The molecule has 0 radical (unpaired) electrons. The van der Waals surface area contributed by atoms with Crippen molar-refractivity contribution in [1.82, 2.24) is 15.1 Å². The van der Waals surface area contributed by atoms with Crippen LogP contribution in [0.2, 0.25) is 0 Å². The van der Waals surface area contributed by atoms with Crippen molar-refractivity contribution in [2.45, 2.75) is 63.7 Å². The topological polar surface area (TPSA) is 47.9 Å². The minimum atomic E-state index is 0.129. The molecule has 1 spiro atoms. The molecule has 0 aromatic heterocycles. The van der Waals surface area contributed by atoms with Crippen LogP contribution in [0.1, 0.15) is 53.4 Å². The lowest BCUT2D eigenvalue weighted by Gasteiger charge is -2.43. The Balaban J connectivity index is 1.49. The van der Waals surface area contributed by atoms with Gasteiger partial charge in [0, 0.05) is 49.9 Å². The molecule has 0 bridgehead atoms. The summed E-state index contributed by atoms with van der Waals surface area (Å²) in [7, 11) is 0. The van der Waals surface area contributed by atoms with Gasteiger partial charge in [0.25, 0.3) is 0 Å². The number of thioether (sulfide) groups is 1. The molecule has 0 atom stereocenters. The lowest BCUT2D eigenvalue weighted by Crippen LogP contribution is -2.52. The van der Waals surface area contributed by atoms with E-state index in [1.807, 2.05) is 16.7 Å². The van der Waals surface area contributed by atoms with E-state index < -0.39 is 0 Å². The van der Waals surface area contributed by atoms with E-state index >= 15 is 0 Å². The normalized spacial score (nSPS) is 34.5. The van der Waals surface area contributed by atoms with E-state index in [9.17, 15) is 4.79 Å². The Bertz CT molecular complexity index is 518. The highest BCUT2D eigenvalue weighted by Crippen LogP contribution is 2.52. The Morgan fingerprint density at radius 3 is 2.48 bits per heavy atom. The molecule has 0 unspecified atom stereocenters. The predicted octanol–water partition coefficient (Wildman–Crippen LogP) is 2.57. The molecule has 5 nitrogen and oxygen atoms in total. The minimum Gasteiger partial charge on any atom is -0.359 e. The Hall–Kier alpha value is -0.750. The van der Waals surface area contributed by atoms with Gasteiger partial charge in [-0.25, -0.2) is 0 Å². The zero-order valence-electron chi connectivity index (χ0n) is 16.3. The number of amides is 1. The van der Waals surface area contributed by atoms with Gasteiger partial charge in [0.1, 0.15) is 0 Å². The van der Waals surface area contributed by atoms with Crippen LogP contribution >= 0.6 is 11.8 Å². The molecule has 1 saturated carbocycles. The first-order chi connectivity index (χ1) is 11.8. The van der Waals surface area contributed by atoms with Crippen LogP contribution in [0.3, 0.4) is 0 Å². The van der Waals surface area contributed by atoms with Gasteiger partial charge in [-0.3, -0.25) is 14.7 Å². The van der Waals surface area contributed by atoms with Gasteiger partial charge in [-0.15, -0.1) is 0 Å². The van der Waals surface area contributed by atoms with Crippen LogP contribution in [0, 0.1) is 5.92 Å². The van der Waals surface area contributed by atoms with Crippen LogP contribution in [-0.4, -0.2) is 70.4 Å². The molecule has 1 amide bonds. The van der Waals surface area contributed by atoms with Crippen LogP contribution in [0.25, 0.3) is 0 Å².